The highest BCUT2D eigenvalue weighted by Crippen LogP contribution is 2.38. The summed E-state index contributed by atoms with van der Waals surface area (Å²) in [6.45, 7) is 0.307. The molecule has 0 atom stereocenters. The maximum Gasteiger partial charge on any atom is 0.303 e. The molecule has 0 spiro atoms. The Morgan fingerprint density at radius 2 is 1.79 bits per heavy atom. The first kappa shape index (κ1) is 21.0. The number of hydrogen-bond acceptors (Lipinski definition) is 7. The van der Waals surface area contributed by atoms with Crippen LogP contribution in [0.5, 0.6) is 17.2 Å². The SMILES string of the molecule is COc1cc(C(=NOCCCCC(=O)O)c2cccnc2)cc(OC)c1OC. The number of carbonyl (C=O) groups is 1. The van der Waals surface area contributed by atoms with Crippen molar-refractivity contribution in [3.63, 3.8) is 0 Å². The fourth-order valence-electron chi connectivity index (χ4n) is 2.55. The maximum atomic E-state index is 10.6. The highest BCUT2D eigenvalue weighted by atomic mass is 16.6. The first-order valence-electron chi connectivity index (χ1n) is 8.73. The van der Waals surface area contributed by atoms with E-state index in [1.54, 1.807) is 44.8 Å². The lowest BCUT2D eigenvalue weighted by Crippen LogP contribution is -2.07. The third kappa shape index (κ3) is 5.60. The van der Waals surface area contributed by atoms with Gasteiger partial charge in [-0.1, -0.05) is 5.16 Å². The first-order chi connectivity index (χ1) is 13.6. The van der Waals surface area contributed by atoms with Crippen molar-refractivity contribution >= 4 is 11.7 Å². The quantitative estimate of drug-likeness (QED) is 0.359. The van der Waals surface area contributed by atoms with Crippen LogP contribution in [0, 0.1) is 0 Å². The van der Waals surface area contributed by atoms with Crippen molar-refractivity contribution in [1.29, 1.82) is 0 Å². The molecule has 28 heavy (non-hydrogen) atoms. The minimum absolute atomic E-state index is 0.107. The standard InChI is InChI=1S/C20H24N2O6/c1-25-16-11-15(12-17(26-2)20(16)27-3)19(14-7-6-9-21-13-14)22-28-10-5-4-8-18(23)24/h6-7,9,11-13H,4-5,8,10H2,1-3H3,(H,23,24). The van der Waals surface area contributed by atoms with Crippen LogP contribution >= 0.6 is 0 Å². The van der Waals surface area contributed by atoms with Gasteiger partial charge in [-0.05, 0) is 37.1 Å². The summed E-state index contributed by atoms with van der Waals surface area (Å²) in [6.07, 6.45) is 4.57. The van der Waals surface area contributed by atoms with Crippen LogP contribution in [-0.2, 0) is 9.63 Å². The number of carboxylic acids is 1. The van der Waals surface area contributed by atoms with Crippen molar-refractivity contribution in [2.75, 3.05) is 27.9 Å². The number of aromatic nitrogens is 1. The lowest BCUT2D eigenvalue weighted by molar-refractivity contribution is -0.137. The minimum atomic E-state index is -0.822. The van der Waals surface area contributed by atoms with Gasteiger partial charge in [-0.15, -0.1) is 0 Å². The van der Waals surface area contributed by atoms with Gasteiger partial charge < -0.3 is 24.2 Å². The van der Waals surface area contributed by atoms with Gasteiger partial charge in [-0.2, -0.15) is 0 Å². The number of unbranched alkanes of at least 4 members (excludes halogenated alkanes) is 1. The molecule has 0 radical (unpaired) electrons. The number of oxime groups is 1. The van der Waals surface area contributed by atoms with E-state index < -0.39 is 5.97 Å². The largest absolute Gasteiger partial charge is 0.493 e. The highest BCUT2D eigenvalue weighted by Gasteiger charge is 2.17. The normalized spacial score (nSPS) is 11.0. The van der Waals surface area contributed by atoms with Gasteiger partial charge in [0.25, 0.3) is 0 Å². The number of benzene rings is 1. The highest BCUT2D eigenvalue weighted by molar-refractivity contribution is 6.13. The van der Waals surface area contributed by atoms with Crippen LogP contribution in [0.4, 0.5) is 0 Å². The molecule has 0 amide bonds. The van der Waals surface area contributed by atoms with Gasteiger partial charge in [0.2, 0.25) is 5.75 Å². The van der Waals surface area contributed by atoms with Gasteiger partial charge in [0.05, 0.1) is 21.3 Å². The number of methoxy groups -OCH3 is 3. The van der Waals surface area contributed by atoms with E-state index in [1.807, 2.05) is 6.07 Å². The van der Waals surface area contributed by atoms with E-state index >= 15 is 0 Å². The predicted octanol–water partition coefficient (Wildman–Crippen LogP) is 3.13. The fraction of sp³-hybridized carbons (Fsp3) is 0.350. The fourth-order valence-corrected chi connectivity index (χ4v) is 2.55. The molecule has 8 heteroatoms. The van der Waals surface area contributed by atoms with Crippen molar-refractivity contribution in [3.8, 4) is 17.2 Å². The summed E-state index contributed by atoms with van der Waals surface area (Å²) in [5.74, 6) is 0.649. The van der Waals surface area contributed by atoms with Gasteiger partial charge >= 0.3 is 5.97 Å². The Bertz CT molecular complexity index is 783. The summed E-state index contributed by atoms with van der Waals surface area (Å²) < 4.78 is 16.2. The smallest absolute Gasteiger partial charge is 0.303 e. The second-order valence-corrected chi connectivity index (χ2v) is 5.78. The van der Waals surface area contributed by atoms with Gasteiger partial charge in [-0.3, -0.25) is 9.78 Å². The summed E-state index contributed by atoms with van der Waals surface area (Å²) in [6, 6.07) is 7.22. The van der Waals surface area contributed by atoms with Crippen LogP contribution in [0.25, 0.3) is 0 Å². The number of rotatable bonds is 11. The number of ether oxygens (including phenoxy) is 3. The third-order valence-electron chi connectivity index (χ3n) is 3.91. The van der Waals surface area contributed by atoms with E-state index in [1.165, 1.54) is 7.11 Å². The lowest BCUT2D eigenvalue weighted by atomic mass is 10.0. The summed E-state index contributed by atoms with van der Waals surface area (Å²) in [7, 11) is 4.62. The van der Waals surface area contributed by atoms with Crippen LogP contribution < -0.4 is 14.2 Å². The van der Waals surface area contributed by atoms with Crippen LogP contribution in [0.15, 0.2) is 41.8 Å². The molecule has 8 nitrogen and oxygen atoms in total. The van der Waals surface area contributed by atoms with E-state index in [0.717, 1.165) is 5.56 Å². The van der Waals surface area contributed by atoms with E-state index in [2.05, 4.69) is 10.1 Å². The van der Waals surface area contributed by atoms with Crippen LogP contribution in [-0.4, -0.2) is 49.7 Å². The zero-order chi connectivity index (χ0) is 20.4. The molecule has 2 rings (SSSR count). The van der Waals surface area contributed by atoms with Crippen LogP contribution in [0.2, 0.25) is 0 Å². The number of hydrogen-bond donors (Lipinski definition) is 1. The Morgan fingerprint density at radius 3 is 2.32 bits per heavy atom. The lowest BCUT2D eigenvalue weighted by Gasteiger charge is -2.15. The Morgan fingerprint density at radius 1 is 1.07 bits per heavy atom. The van der Waals surface area contributed by atoms with E-state index in [-0.39, 0.29) is 6.42 Å². The van der Waals surface area contributed by atoms with E-state index in [9.17, 15) is 4.79 Å². The summed E-state index contributed by atoms with van der Waals surface area (Å²) in [5, 5.41) is 13.0. The monoisotopic (exact) mass is 388 g/mol. The number of carboxylic acid groups (broad SMARTS) is 1. The molecule has 150 valence electrons. The topological polar surface area (TPSA) is 99.5 Å². The molecule has 0 aliphatic carbocycles. The van der Waals surface area contributed by atoms with Crippen molar-refractivity contribution in [1.82, 2.24) is 4.98 Å². The molecule has 0 bridgehead atoms. The number of aliphatic carboxylic acids is 1. The molecule has 1 heterocycles. The van der Waals surface area contributed by atoms with Gasteiger partial charge in [0.1, 0.15) is 12.3 Å². The molecule has 0 aliphatic heterocycles. The van der Waals surface area contributed by atoms with Crippen LogP contribution in [0.1, 0.15) is 30.4 Å². The Hall–Kier alpha value is -3.29. The predicted molar refractivity (Wildman–Crippen MR) is 103 cm³/mol. The second kappa shape index (κ2) is 10.8. The number of pyridine rings is 1. The van der Waals surface area contributed by atoms with Crippen molar-refractivity contribution < 1.29 is 28.9 Å². The molecule has 1 N–H and O–H groups in total. The Kier molecular flexibility index (Phi) is 8.08. The first-order valence-corrected chi connectivity index (χ1v) is 8.73. The van der Waals surface area contributed by atoms with Crippen LogP contribution in [0.3, 0.4) is 0 Å². The average molecular weight is 388 g/mol. The Balaban J connectivity index is 2.32. The minimum Gasteiger partial charge on any atom is -0.493 e. The number of nitrogens with zero attached hydrogens (tertiary/aromatic N) is 2. The molecule has 1 aromatic carbocycles. The molecule has 1 aromatic heterocycles. The zero-order valence-electron chi connectivity index (χ0n) is 16.2. The average Bonchev–Trinajstić information content (AvgIpc) is 2.72. The molecule has 2 aromatic rings. The van der Waals surface area contributed by atoms with Crippen molar-refractivity contribution in [2.24, 2.45) is 5.16 Å². The molecule has 0 fully saturated rings. The van der Waals surface area contributed by atoms with Gasteiger partial charge in [-0.25, -0.2) is 0 Å². The van der Waals surface area contributed by atoms with Gasteiger partial charge in [0, 0.05) is 29.9 Å². The third-order valence-corrected chi connectivity index (χ3v) is 3.91. The maximum absolute atomic E-state index is 10.6. The summed E-state index contributed by atoms with van der Waals surface area (Å²) >= 11 is 0. The Labute approximate surface area is 163 Å². The molecule has 0 saturated heterocycles. The molecule has 0 aliphatic rings. The molecular weight excluding hydrogens is 364 g/mol. The molecule has 0 unspecified atom stereocenters. The van der Waals surface area contributed by atoms with E-state index in [4.69, 9.17) is 24.2 Å². The van der Waals surface area contributed by atoms with E-state index in [0.29, 0.717) is 48.0 Å². The summed E-state index contributed by atoms with van der Waals surface area (Å²) in [5.41, 5.74) is 2.00. The molecular formula is C20H24N2O6. The molecule has 0 saturated carbocycles. The summed E-state index contributed by atoms with van der Waals surface area (Å²) in [4.78, 5) is 20.2. The zero-order valence-corrected chi connectivity index (χ0v) is 16.2. The van der Waals surface area contributed by atoms with Crippen molar-refractivity contribution in [3.05, 3.63) is 47.8 Å². The van der Waals surface area contributed by atoms with Gasteiger partial charge in [0.15, 0.2) is 11.5 Å². The second-order valence-electron chi connectivity index (χ2n) is 5.78. The van der Waals surface area contributed by atoms with Crippen molar-refractivity contribution in [2.45, 2.75) is 19.3 Å².